The van der Waals surface area contributed by atoms with E-state index >= 15 is 0 Å². The van der Waals surface area contributed by atoms with Crippen molar-refractivity contribution in [1.29, 1.82) is 0 Å². The average Bonchev–Trinajstić information content (AvgIpc) is 2.64. The van der Waals surface area contributed by atoms with E-state index in [2.05, 4.69) is 22.1 Å². The molecule has 0 aliphatic carbocycles. The lowest BCUT2D eigenvalue weighted by atomic mass is 10.0. The van der Waals surface area contributed by atoms with Gasteiger partial charge in [-0.2, -0.15) is 0 Å². The van der Waals surface area contributed by atoms with E-state index in [4.69, 9.17) is 0 Å². The maximum atomic E-state index is 12.4. The van der Waals surface area contributed by atoms with Gasteiger partial charge in [0.05, 0.1) is 11.0 Å². The zero-order valence-corrected chi connectivity index (χ0v) is 15.7. The fourth-order valence-corrected chi connectivity index (χ4v) is 3.67. The second-order valence-electron chi connectivity index (χ2n) is 7.12. The largest absolute Gasteiger partial charge is 0.355 e. The Balaban J connectivity index is 1.55. The summed E-state index contributed by atoms with van der Waals surface area (Å²) in [5, 5.41) is 2.99. The SMILES string of the molecule is Cc1nc2ccccc2n(CCC(=O)NCCN2CCCC[C@@H]2C)c1=O. The molecule has 6 nitrogen and oxygen atoms in total. The Morgan fingerprint density at radius 2 is 2.08 bits per heavy atom. The van der Waals surface area contributed by atoms with Crippen LogP contribution < -0.4 is 10.9 Å². The maximum Gasteiger partial charge on any atom is 0.272 e. The number of carbonyl (C=O) groups is 1. The molecule has 1 aliphatic heterocycles. The highest BCUT2D eigenvalue weighted by Gasteiger charge is 2.17. The number of fused-ring (bicyclic) bond motifs is 1. The van der Waals surface area contributed by atoms with E-state index in [0.717, 1.165) is 24.1 Å². The maximum absolute atomic E-state index is 12.4. The number of piperidine rings is 1. The minimum absolute atomic E-state index is 0.0138. The van der Waals surface area contributed by atoms with Crippen molar-refractivity contribution in [3.8, 4) is 0 Å². The van der Waals surface area contributed by atoms with Gasteiger partial charge in [0, 0.05) is 32.1 Å². The van der Waals surface area contributed by atoms with Gasteiger partial charge in [-0.3, -0.25) is 14.5 Å². The summed E-state index contributed by atoms with van der Waals surface area (Å²) in [5.74, 6) is -0.0138. The van der Waals surface area contributed by atoms with Gasteiger partial charge in [-0.15, -0.1) is 0 Å². The first-order valence-electron chi connectivity index (χ1n) is 9.53. The summed E-state index contributed by atoms with van der Waals surface area (Å²) in [4.78, 5) is 31.4. The fraction of sp³-hybridized carbons (Fsp3) is 0.550. The van der Waals surface area contributed by atoms with Crippen LogP contribution in [0, 0.1) is 6.92 Å². The minimum atomic E-state index is -0.126. The van der Waals surface area contributed by atoms with Crippen LogP contribution in [0.5, 0.6) is 0 Å². The number of hydrogen-bond acceptors (Lipinski definition) is 4. The van der Waals surface area contributed by atoms with Crippen LogP contribution >= 0.6 is 0 Å². The lowest BCUT2D eigenvalue weighted by Gasteiger charge is -2.33. The van der Waals surface area contributed by atoms with Gasteiger partial charge < -0.3 is 9.88 Å². The van der Waals surface area contributed by atoms with Gasteiger partial charge in [0.1, 0.15) is 5.69 Å². The third kappa shape index (κ3) is 4.30. The van der Waals surface area contributed by atoms with Crippen molar-refractivity contribution in [3.63, 3.8) is 0 Å². The molecule has 3 rings (SSSR count). The molecule has 26 heavy (non-hydrogen) atoms. The standard InChI is InChI=1S/C20H28N4O2/c1-15-7-5-6-12-23(15)14-11-21-19(25)10-13-24-18-9-4-3-8-17(18)22-16(2)20(24)26/h3-4,8-9,15H,5-7,10-14H2,1-2H3,(H,21,25)/t15-/m0/s1. The molecule has 2 heterocycles. The van der Waals surface area contributed by atoms with Crippen LogP contribution in [0.25, 0.3) is 11.0 Å². The van der Waals surface area contributed by atoms with Gasteiger partial charge in [0.15, 0.2) is 0 Å². The molecule has 1 fully saturated rings. The van der Waals surface area contributed by atoms with Crippen molar-refractivity contribution >= 4 is 16.9 Å². The van der Waals surface area contributed by atoms with E-state index in [1.807, 2.05) is 24.3 Å². The van der Waals surface area contributed by atoms with Gasteiger partial charge in [-0.1, -0.05) is 18.6 Å². The summed E-state index contributed by atoms with van der Waals surface area (Å²) in [7, 11) is 0. The van der Waals surface area contributed by atoms with Crippen LogP contribution in [0.2, 0.25) is 0 Å². The van der Waals surface area contributed by atoms with Crippen molar-refractivity contribution in [2.75, 3.05) is 19.6 Å². The van der Waals surface area contributed by atoms with Crippen LogP contribution in [-0.4, -0.2) is 46.0 Å². The number of benzene rings is 1. The zero-order chi connectivity index (χ0) is 18.5. The first-order chi connectivity index (χ1) is 12.6. The molecule has 1 amide bonds. The summed E-state index contributed by atoms with van der Waals surface area (Å²) in [6.07, 6.45) is 4.09. The lowest BCUT2D eigenvalue weighted by molar-refractivity contribution is -0.121. The third-order valence-electron chi connectivity index (χ3n) is 5.24. The number of para-hydroxylation sites is 2. The Labute approximate surface area is 154 Å². The van der Waals surface area contributed by atoms with Crippen LogP contribution in [0.15, 0.2) is 29.1 Å². The Morgan fingerprint density at radius 3 is 2.88 bits per heavy atom. The molecule has 0 saturated carbocycles. The smallest absolute Gasteiger partial charge is 0.272 e. The molecule has 1 saturated heterocycles. The van der Waals surface area contributed by atoms with Gasteiger partial charge >= 0.3 is 0 Å². The van der Waals surface area contributed by atoms with Crippen molar-refractivity contribution in [1.82, 2.24) is 19.8 Å². The molecule has 1 aromatic heterocycles. The molecule has 1 atom stereocenters. The normalized spacial score (nSPS) is 18.2. The molecule has 1 N–H and O–H groups in total. The molecule has 0 spiro atoms. The highest BCUT2D eigenvalue weighted by Crippen LogP contribution is 2.15. The number of likely N-dealkylation sites (tertiary alicyclic amines) is 1. The first kappa shape index (κ1) is 18.6. The number of aryl methyl sites for hydroxylation is 2. The number of aromatic nitrogens is 2. The van der Waals surface area contributed by atoms with Crippen molar-refractivity contribution in [2.45, 2.75) is 52.1 Å². The zero-order valence-electron chi connectivity index (χ0n) is 15.7. The molecule has 0 bridgehead atoms. The number of carbonyl (C=O) groups excluding carboxylic acids is 1. The van der Waals surface area contributed by atoms with E-state index in [1.165, 1.54) is 19.3 Å². The Bertz CT molecular complexity index is 830. The molecular formula is C20H28N4O2. The topological polar surface area (TPSA) is 67.2 Å². The quantitative estimate of drug-likeness (QED) is 0.861. The van der Waals surface area contributed by atoms with E-state index in [9.17, 15) is 9.59 Å². The van der Waals surface area contributed by atoms with E-state index in [0.29, 0.717) is 31.2 Å². The highest BCUT2D eigenvalue weighted by atomic mass is 16.2. The number of nitrogens with one attached hydrogen (secondary N) is 1. The number of amides is 1. The summed E-state index contributed by atoms with van der Waals surface area (Å²) < 4.78 is 1.66. The van der Waals surface area contributed by atoms with Gasteiger partial charge in [0.2, 0.25) is 5.91 Å². The number of nitrogens with zero attached hydrogens (tertiary/aromatic N) is 3. The van der Waals surface area contributed by atoms with Crippen LogP contribution in [0.1, 0.15) is 38.3 Å². The Hall–Kier alpha value is -2.21. The van der Waals surface area contributed by atoms with Gasteiger partial charge in [-0.05, 0) is 45.4 Å². The molecule has 0 radical (unpaired) electrons. The van der Waals surface area contributed by atoms with E-state index < -0.39 is 0 Å². The molecule has 140 valence electrons. The van der Waals surface area contributed by atoms with Crippen molar-refractivity contribution < 1.29 is 4.79 Å². The Kier molecular flexibility index (Phi) is 6.04. The molecule has 0 unspecified atom stereocenters. The second kappa shape index (κ2) is 8.45. The van der Waals surface area contributed by atoms with Crippen molar-refractivity contribution in [3.05, 3.63) is 40.3 Å². The molecule has 1 aromatic carbocycles. The summed E-state index contributed by atoms with van der Waals surface area (Å²) in [6, 6.07) is 8.15. The average molecular weight is 356 g/mol. The van der Waals surface area contributed by atoms with Gasteiger partial charge in [-0.25, -0.2) is 4.98 Å². The highest BCUT2D eigenvalue weighted by molar-refractivity contribution is 5.77. The van der Waals surface area contributed by atoms with Crippen LogP contribution in [0.4, 0.5) is 0 Å². The summed E-state index contributed by atoms with van der Waals surface area (Å²) >= 11 is 0. The monoisotopic (exact) mass is 356 g/mol. The Morgan fingerprint density at radius 1 is 1.27 bits per heavy atom. The predicted molar refractivity (Wildman–Crippen MR) is 103 cm³/mol. The summed E-state index contributed by atoms with van der Waals surface area (Å²) in [6.45, 7) is 7.01. The molecular weight excluding hydrogens is 328 g/mol. The van der Waals surface area contributed by atoms with Crippen molar-refractivity contribution in [2.24, 2.45) is 0 Å². The van der Waals surface area contributed by atoms with E-state index in [-0.39, 0.29) is 11.5 Å². The first-order valence-corrected chi connectivity index (χ1v) is 9.53. The lowest BCUT2D eigenvalue weighted by Crippen LogP contribution is -2.42. The third-order valence-corrected chi connectivity index (χ3v) is 5.24. The molecule has 1 aliphatic rings. The fourth-order valence-electron chi connectivity index (χ4n) is 3.67. The van der Waals surface area contributed by atoms with Crippen LogP contribution in [0.3, 0.4) is 0 Å². The molecule has 2 aromatic rings. The second-order valence-corrected chi connectivity index (χ2v) is 7.12. The predicted octanol–water partition coefficient (Wildman–Crippen LogP) is 2.09. The summed E-state index contributed by atoms with van der Waals surface area (Å²) in [5.41, 5.74) is 1.89. The minimum Gasteiger partial charge on any atom is -0.355 e. The number of rotatable bonds is 6. The van der Waals surface area contributed by atoms with E-state index in [1.54, 1.807) is 11.5 Å². The van der Waals surface area contributed by atoms with Crippen LogP contribution in [-0.2, 0) is 11.3 Å². The van der Waals surface area contributed by atoms with Gasteiger partial charge in [0.25, 0.3) is 5.56 Å². The molecule has 6 heteroatoms. The number of hydrogen-bond donors (Lipinski definition) is 1.